The van der Waals surface area contributed by atoms with E-state index < -0.39 is 0 Å². The summed E-state index contributed by atoms with van der Waals surface area (Å²) < 4.78 is 0. The van der Waals surface area contributed by atoms with Crippen LogP contribution in [0.1, 0.15) is 25.0 Å². The molecule has 0 unspecified atom stereocenters. The van der Waals surface area contributed by atoms with Crippen molar-refractivity contribution in [2.75, 3.05) is 31.9 Å². The first-order valence-corrected chi connectivity index (χ1v) is 8.43. The minimum atomic E-state index is 0.134. The number of likely N-dealkylation sites (N-methyl/N-ethyl adjacent to an activating group) is 1. The van der Waals surface area contributed by atoms with Crippen LogP contribution in [0.25, 0.3) is 0 Å². The summed E-state index contributed by atoms with van der Waals surface area (Å²) in [5.74, 6) is 1.56. The summed E-state index contributed by atoms with van der Waals surface area (Å²) >= 11 is 1.67. The third-order valence-electron chi connectivity index (χ3n) is 3.23. The molecule has 1 rings (SSSR count). The SMILES string of the molecule is CCN(CC)CCNC(=O)CSCc1cccc(C)c1. The molecule has 1 aromatic carbocycles. The van der Waals surface area contributed by atoms with Gasteiger partial charge in [-0.15, -0.1) is 11.8 Å². The minimum Gasteiger partial charge on any atom is -0.354 e. The molecular weight excluding hydrogens is 268 g/mol. The molecule has 1 N–H and O–H groups in total. The third-order valence-corrected chi connectivity index (χ3v) is 4.23. The Morgan fingerprint density at radius 3 is 2.70 bits per heavy atom. The van der Waals surface area contributed by atoms with Crippen molar-refractivity contribution >= 4 is 17.7 Å². The number of nitrogens with zero attached hydrogens (tertiary/aromatic N) is 1. The smallest absolute Gasteiger partial charge is 0.230 e. The van der Waals surface area contributed by atoms with Crippen LogP contribution in [-0.2, 0) is 10.5 Å². The number of nitrogens with one attached hydrogen (secondary N) is 1. The van der Waals surface area contributed by atoms with Crippen LogP contribution in [0.5, 0.6) is 0 Å². The van der Waals surface area contributed by atoms with Crippen LogP contribution in [0, 0.1) is 6.92 Å². The monoisotopic (exact) mass is 294 g/mol. The van der Waals surface area contributed by atoms with Gasteiger partial charge in [0.05, 0.1) is 5.75 Å². The Kier molecular flexibility index (Phi) is 8.38. The molecule has 0 radical (unpaired) electrons. The molecule has 0 heterocycles. The quantitative estimate of drug-likeness (QED) is 0.760. The Hall–Kier alpha value is -1.00. The number of benzene rings is 1. The van der Waals surface area contributed by atoms with Crippen LogP contribution < -0.4 is 5.32 Å². The van der Waals surface area contributed by atoms with E-state index in [1.807, 2.05) is 0 Å². The summed E-state index contributed by atoms with van der Waals surface area (Å²) in [6.45, 7) is 10.1. The van der Waals surface area contributed by atoms with Crippen molar-refractivity contribution in [3.8, 4) is 0 Å². The molecular formula is C16H26N2OS. The first kappa shape index (κ1) is 17.1. The second kappa shape index (κ2) is 9.83. The molecule has 0 bridgehead atoms. The maximum Gasteiger partial charge on any atom is 0.230 e. The first-order valence-electron chi connectivity index (χ1n) is 7.28. The lowest BCUT2D eigenvalue weighted by Crippen LogP contribution is -2.35. The number of hydrogen-bond acceptors (Lipinski definition) is 3. The molecule has 1 aromatic rings. The van der Waals surface area contributed by atoms with Crippen LogP contribution in [0.15, 0.2) is 24.3 Å². The van der Waals surface area contributed by atoms with Gasteiger partial charge in [0.25, 0.3) is 0 Å². The van der Waals surface area contributed by atoms with E-state index in [-0.39, 0.29) is 5.91 Å². The average Bonchev–Trinajstić information content (AvgIpc) is 2.44. The standard InChI is InChI=1S/C16H26N2OS/c1-4-18(5-2)10-9-17-16(19)13-20-12-15-8-6-7-14(3)11-15/h6-8,11H,4-5,9-10,12-13H2,1-3H3,(H,17,19). The van der Waals surface area contributed by atoms with Crippen molar-refractivity contribution in [3.63, 3.8) is 0 Å². The van der Waals surface area contributed by atoms with E-state index >= 15 is 0 Å². The zero-order valence-electron chi connectivity index (χ0n) is 12.8. The largest absolute Gasteiger partial charge is 0.354 e. The maximum absolute atomic E-state index is 11.7. The van der Waals surface area contributed by atoms with Crippen molar-refractivity contribution in [3.05, 3.63) is 35.4 Å². The fourth-order valence-electron chi connectivity index (χ4n) is 2.01. The highest BCUT2D eigenvalue weighted by molar-refractivity contribution is 7.99. The van der Waals surface area contributed by atoms with E-state index in [0.29, 0.717) is 5.75 Å². The second-order valence-electron chi connectivity index (χ2n) is 4.86. The average molecular weight is 294 g/mol. The molecule has 4 heteroatoms. The number of thioether (sulfide) groups is 1. The van der Waals surface area contributed by atoms with Crippen LogP contribution in [0.3, 0.4) is 0 Å². The van der Waals surface area contributed by atoms with E-state index in [9.17, 15) is 4.79 Å². The summed E-state index contributed by atoms with van der Waals surface area (Å²) in [5, 5.41) is 2.98. The Labute approximate surface area is 127 Å². The van der Waals surface area contributed by atoms with Gasteiger partial charge in [0.2, 0.25) is 5.91 Å². The van der Waals surface area contributed by atoms with Crippen molar-refractivity contribution in [1.82, 2.24) is 10.2 Å². The summed E-state index contributed by atoms with van der Waals surface area (Å²) in [5.41, 5.74) is 2.55. The Balaban J connectivity index is 2.14. The molecule has 20 heavy (non-hydrogen) atoms. The normalized spacial score (nSPS) is 10.8. The van der Waals surface area contributed by atoms with Crippen molar-refractivity contribution in [2.45, 2.75) is 26.5 Å². The molecule has 0 atom stereocenters. The van der Waals surface area contributed by atoms with Gasteiger partial charge < -0.3 is 10.2 Å². The maximum atomic E-state index is 11.7. The first-order chi connectivity index (χ1) is 9.65. The number of hydrogen-bond donors (Lipinski definition) is 1. The third kappa shape index (κ3) is 6.96. The number of rotatable bonds is 9. The Morgan fingerprint density at radius 1 is 1.30 bits per heavy atom. The fourth-order valence-corrected chi connectivity index (χ4v) is 2.81. The number of amides is 1. The van der Waals surface area contributed by atoms with Crippen molar-refractivity contribution < 1.29 is 4.79 Å². The topological polar surface area (TPSA) is 32.3 Å². The van der Waals surface area contributed by atoms with Gasteiger partial charge in [-0.25, -0.2) is 0 Å². The number of aryl methyl sites for hydroxylation is 1. The number of carbonyl (C=O) groups excluding carboxylic acids is 1. The van der Waals surface area contributed by atoms with Gasteiger partial charge in [0.1, 0.15) is 0 Å². The Bertz CT molecular complexity index is 405. The summed E-state index contributed by atoms with van der Waals surface area (Å²) in [6.07, 6.45) is 0. The van der Waals surface area contributed by atoms with E-state index in [4.69, 9.17) is 0 Å². The molecule has 112 valence electrons. The van der Waals surface area contributed by atoms with Gasteiger partial charge in [-0.3, -0.25) is 4.79 Å². The molecule has 0 fully saturated rings. The van der Waals surface area contributed by atoms with Crippen LogP contribution >= 0.6 is 11.8 Å². The van der Waals surface area contributed by atoms with Gasteiger partial charge in [0.15, 0.2) is 0 Å². The molecule has 0 aliphatic heterocycles. The second-order valence-corrected chi connectivity index (χ2v) is 5.84. The van der Waals surface area contributed by atoms with Gasteiger partial charge in [0, 0.05) is 18.8 Å². The zero-order chi connectivity index (χ0) is 14.8. The zero-order valence-corrected chi connectivity index (χ0v) is 13.6. The van der Waals surface area contributed by atoms with Gasteiger partial charge in [-0.1, -0.05) is 43.7 Å². The highest BCUT2D eigenvalue weighted by Gasteiger charge is 2.03. The van der Waals surface area contributed by atoms with Crippen LogP contribution in [0.2, 0.25) is 0 Å². The van der Waals surface area contributed by atoms with Crippen molar-refractivity contribution in [1.29, 1.82) is 0 Å². The lowest BCUT2D eigenvalue weighted by Gasteiger charge is -2.17. The molecule has 1 amide bonds. The van der Waals surface area contributed by atoms with E-state index in [1.165, 1.54) is 11.1 Å². The lowest BCUT2D eigenvalue weighted by molar-refractivity contribution is -0.118. The minimum absolute atomic E-state index is 0.134. The summed E-state index contributed by atoms with van der Waals surface area (Å²) in [7, 11) is 0. The molecule has 0 saturated heterocycles. The highest BCUT2D eigenvalue weighted by atomic mass is 32.2. The molecule has 0 saturated carbocycles. The van der Waals surface area contributed by atoms with Crippen LogP contribution in [-0.4, -0.2) is 42.7 Å². The molecule has 0 spiro atoms. The van der Waals surface area contributed by atoms with Gasteiger partial charge in [-0.2, -0.15) is 0 Å². The molecule has 0 aromatic heterocycles. The van der Waals surface area contributed by atoms with E-state index in [2.05, 4.69) is 55.3 Å². The molecule has 0 aliphatic carbocycles. The van der Waals surface area contributed by atoms with E-state index in [0.717, 1.165) is 31.9 Å². The predicted octanol–water partition coefficient (Wildman–Crippen LogP) is 2.69. The van der Waals surface area contributed by atoms with Crippen molar-refractivity contribution in [2.24, 2.45) is 0 Å². The van der Waals surface area contributed by atoms with Crippen LogP contribution in [0.4, 0.5) is 0 Å². The lowest BCUT2D eigenvalue weighted by atomic mass is 10.2. The number of carbonyl (C=O) groups is 1. The Morgan fingerprint density at radius 2 is 2.05 bits per heavy atom. The summed E-state index contributed by atoms with van der Waals surface area (Å²) in [6, 6.07) is 8.44. The van der Waals surface area contributed by atoms with Gasteiger partial charge >= 0.3 is 0 Å². The van der Waals surface area contributed by atoms with E-state index in [1.54, 1.807) is 11.8 Å². The summed E-state index contributed by atoms with van der Waals surface area (Å²) in [4.78, 5) is 14.0. The molecule has 3 nitrogen and oxygen atoms in total. The highest BCUT2D eigenvalue weighted by Crippen LogP contribution is 2.13. The van der Waals surface area contributed by atoms with Gasteiger partial charge in [-0.05, 0) is 25.6 Å². The fraction of sp³-hybridized carbons (Fsp3) is 0.562. The predicted molar refractivity (Wildman–Crippen MR) is 88.1 cm³/mol. The molecule has 0 aliphatic rings.